The summed E-state index contributed by atoms with van der Waals surface area (Å²) in [5.74, 6) is 0.0136. The maximum Gasteiger partial charge on any atom is 0.267 e. The van der Waals surface area contributed by atoms with E-state index in [1.807, 2.05) is 45.9 Å². The molecule has 0 aromatic heterocycles. The number of hydrogen-bond donors (Lipinski definition) is 1. The molecule has 0 spiro atoms. The maximum atomic E-state index is 12.8. The smallest absolute Gasteiger partial charge is 0.267 e. The van der Waals surface area contributed by atoms with E-state index >= 15 is 0 Å². The third-order valence-electron chi connectivity index (χ3n) is 4.60. The fourth-order valence-corrected chi connectivity index (χ4v) is 4.30. The highest BCUT2D eigenvalue weighted by molar-refractivity contribution is 7.92. The van der Waals surface area contributed by atoms with Crippen LogP contribution in [0.2, 0.25) is 0 Å². The first-order valence-electron chi connectivity index (χ1n) is 8.70. The van der Waals surface area contributed by atoms with Gasteiger partial charge in [0, 0.05) is 5.69 Å². The van der Waals surface area contributed by atoms with Gasteiger partial charge in [-0.15, -0.1) is 0 Å². The Morgan fingerprint density at radius 2 is 1.70 bits per heavy atom. The lowest BCUT2D eigenvalue weighted by Crippen LogP contribution is -2.48. The van der Waals surface area contributed by atoms with Crippen LogP contribution in [-0.4, -0.2) is 33.2 Å². The van der Waals surface area contributed by atoms with Crippen LogP contribution in [0.1, 0.15) is 22.3 Å². The lowest BCUT2D eigenvalue weighted by atomic mass is 10.0. The number of carbonyl (C=O) groups is 1. The van der Waals surface area contributed by atoms with E-state index in [2.05, 4.69) is 5.32 Å². The topological polar surface area (TPSA) is 75.7 Å². The molecule has 0 aliphatic carbocycles. The minimum absolute atomic E-state index is 0.0644. The van der Waals surface area contributed by atoms with E-state index in [4.69, 9.17) is 4.74 Å². The second kappa shape index (κ2) is 6.88. The molecule has 27 heavy (non-hydrogen) atoms. The second-order valence-corrected chi connectivity index (χ2v) is 9.04. The molecule has 1 N–H and O–H groups in total. The number of benzene rings is 2. The minimum atomic E-state index is -3.54. The number of hydrogen-bond acceptors (Lipinski definition) is 4. The normalized spacial score (nSPS) is 16.5. The van der Waals surface area contributed by atoms with Crippen LogP contribution in [0.5, 0.6) is 5.75 Å². The number of carbonyl (C=O) groups excluding carboxylic acids is 1. The van der Waals surface area contributed by atoms with Crippen LogP contribution in [0.3, 0.4) is 0 Å². The minimum Gasteiger partial charge on any atom is -0.476 e. The quantitative estimate of drug-likeness (QED) is 0.877. The van der Waals surface area contributed by atoms with Crippen molar-refractivity contribution in [3.8, 4) is 5.75 Å². The van der Waals surface area contributed by atoms with Crippen molar-refractivity contribution in [2.24, 2.45) is 0 Å². The Morgan fingerprint density at radius 1 is 1.07 bits per heavy atom. The molecule has 144 valence electrons. The molecular formula is C20H24N2O4S. The molecule has 2 aromatic rings. The molecule has 7 heteroatoms. The van der Waals surface area contributed by atoms with Crippen molar-refractivity contribution in [1.29, 1.82) is 0 Å². The highest BCUT2D eigenvalue weighted by atomic mass is 32.2. The molecule has 0 unspecified atom stereocenters. The van der Waals surface area contributed by atoms with E-state index in [-0.39, 0.29) is 12.5 Å². The molecule has 6 nitrogen and oxygen atoms in total. The van der Waals surface area contributed by atoms with Crippen LogP contribution in [0.4, 0.5) is 11.4 Å². The van der Waals surface area contributed by atoms with Crippen molar-refractivity contribution in [3.05, 3.63) is 52.6 Å². The molecule has 1 aliphatic rings. The number of nitrogens with zero attached hydrogens (tertiary/aromatic N) is 1. The van der Waals surface area contributed by atoms with Gasteiger partial charge in [-0.1, -0.05) is 23.8 Å². The summed E-state index contributed by atoms with van der Waals surface area (Å²) >= 11 is 0. The summed E-state index contributed by atoms with van der Waals surface area (Å²) < 4.78 is 31.6. The summed E-state index contributed by atoms with van der Waals surface area (Å²) in [5, 5.41) is 2.90. The van der Waals surface area contributed by atoms with E-state index in [0.29, 0.717) is 11.4 Å². The van der Waals surface area contributed by atoms with Gasteiger partial charge in [0.15, 0.2) is 6.10 Å². The first-order valence-corrected chi connectivity index (χ1v) is 10.5. The van der Waals surface area contributed by atoms with Gasteiger partial charge in [0.05, 0.1) is 18.5 Å². The Balaban J connectivity index is 1.92. The Morgan fingerprint density at radius 3 is 2.30 bits per heavy atom. The van der Waals surface area contributed by atoms with E-state index in [0.717, 1.165) is 34.2 Å². The number of ether oxygens (including phenoxy) is 1. The monoisotopic (exact) mass is 388 g/mol. The van der Waals surface area contributed by atoms with Crippen molar-refractivity contribution < 1.29 is 17.9 Å². The summed E-state index contributed by atoms with van der Waals surface area (Å²) in [7, 11) is -3.54. The van der Waals surface area contributed by atoms with Gasteiger partial charge in [0.25, 0.3) is 5.91 Å². The van der Waals surface area contributed by atoms with Crippen molar-refractivity contribution in [1.82, 2.24) is 0 Å². The molecule has 0 bridgehead atoms. The fraction of sp³-hybridized carbons (Fsp3) is 0.350. The number of aryl methyl sites for hydroxylation is 4. The second-order valence-electron chi connectivity index (χ2n) is 7.13. The Bertz CT molecular complexity index is 992. The summed E-state index contributed by atoms with van der Waals surface area (Å²) in [5.41, 5.74) is 5.13. The Hall–Kier alpha value is -2.54. The summed E-state index contributed by atoms with van der Waals surface area (Å²) in [4.78, 5) is 12.8. The first kappa shape index (κ1) is 19.2. The lowest BCUT2D eigenvalue weighted by Gasteiger charge is -2.34. The number of rotatable bonds is 3. The van der Waals surface area contributed by atoms with Crippen LogP contribution in [0.15, 0.2) is 30.3 Å². The molecule has 1 amide bonds. The van der Waals surface area contributed by atoms with E-state index in [1.54, 1.807) is 12.1 Å². The van der Waals surface area contributed by atoms with E-state index in [9.17, 15) is 13.2 Å². The number of anilines is 2. The Kier molecular flexibility index (Phi) is 4.90. The highest BCUT2D eigenvalue weighted by Crippen LogP contribution is 2.36. The third-order valence-corrected chi connectivity index (χ3v) is 5.75. The zero-order chi connectivity index (χ0) is 19.9. The maximum absolute atomic E-state index is 12.8. The van der Waals surface area contributed by atoms with Gasteiger partial charge in [-0.25, -0.2) is 8.42 Å². The zero-order valence-corrected chi connectivity index (χ0v) is 17.0. The predicted octanol–water partition coefficient (Wildman–Crippen LogP) is 3.09. The number of fused-ring (bicyclic) bond motifs is 1. The molecule has 1 heterocycles. The zero-order valence-electron chi connectivity index (χ0n) is 16.2. The molecule has 3 rings (SSSR count). The third kappa shape index (κ3) is 3.93. The molecule has 0 radical (unpaired) electrons. The SMILES string of the molecule is Cc1cc(C)c(NC(=O)[C@@H]2CN(S(C)(=O)=O)c3cc(C)ccc3O2)c(C)c1. The van der Waals surface area contributed by atoms with Crippen LogP contribution < -0.4 is 14.4 Å². The molecule has 2 aromatic carbocycles. The average Bonchev–Trinajstić information content (AvgIpc) is 2.56. The van der Waals surface area contributed by atoms with E-state index < -0.39 is 16.1 Å². The van der Waals surface area contributed by atoms with Crippen molar-refractivity contribution >= 4 is 27.3 Å². The molecule has 0 saturated carbocycles. The van der Waals surface area contributed by atoms with Gasteiger partial charge in [-0.3, -0.25) is 9.10 Å². The standard InChI is InChI=1S/C20H24N2O4S/c1-12-6-7-17-16(10-12)22(27(5,24)25)11-18(26-17)20(23)21-19-14(3)8-13(2)9-15(19)4/h6-10,18H,11H2,1-5H3,(H,21,23)/t18-/m0/s1. The Labute approximate surface area is 160 Å². The molecule has 0 fully saturated rings. The van der Waals surface area contributed by atoms with Gasteiger partial charge in [-0.05, 0) is 56.5 Å². The van der Waals surface area contributed by atoms with Gasteiger partial charge >= 0.3 is 0 Å². The highest BCUT2D eigenvalue weighted by Gasteiger charge is 2.35. The summed E-state index contributed by atoms with van der Waals surface area (Å²) in [6, 6.07) is 9.26. The molecular weight excluding hydrogens is 364 g/mol. The van der Waals surface area contributed by atoms with E-state index in [1.165, 1.54) is 4.31 Å². The predicted molar refractivity (Wildman–Crippen MR) is 107 cm³/mol. The van der Waals surface area contributed by atoms with Gasteiger partial charge in [0.1, 0.15) is 5.75 Å². The van der Waals surface area contributed by atoms with Crippen LogP contribution in [-0.2, 0) is 14.8 Å². The van der Waals surface area contributed by atoms with Crippen molar-refractivity contribution in [2.75, 3.05) is 22.4 Å². The largest absolute Gasteiger partial charge is 0.476 e. The van der Waals surface area contributed by atoms with Crippen LogP contribution in [0, 0.1) is 27.7 Å². The lowest BCUT2D eigenvalue weighted by molar-refractivity contribution is -0.122. The summed E-state index contributed by atoms with van der Waals surface area (Å²) in [6.07, 6.45) is 0.197. The van der Waals surface area contributed by atoms with Gasteiger partial charge < -0.3 is 10.1 Å². The molecule has 0 saturated heterocycles. The number of sulfonamides is 1. The number of amides is 1. The van der Waals surface area contributed by atoms with Crippen molar-refractivity contribution in [2.45, 2.75) is 33.8 Å². The molecule has 1 aliphatic heterocycles. The number of nitrogens with one attached hydrogen (secondary N) is 1. The average molecular weight is 388 g/mol. The van der Waals surface area contributed by atoms with Crippen molar-refractivity contribution in [3.63, 3.8) is 0 Å². The van der Waals surface area contributed by atoms with Gasteiger partial charge in [-0.2, -0.15) is 0 Å². The van der Waals surface area contributed by atoms with Crippen LogP contribution >= 0.6 is 0 Å². The molecule has 1 atom stereocenters. The van der Waals surface area contributed by atoms with Gasteiger partial charge in [0.2, 0.25) is 10.0 Å². The summed E-state index contributed by atoms with van der Waals surface area (Å²) in [6.45, 7) is 7.67. The first-order chi connectivity index (χ1) is 12.6. The fourth-order valence-electron chi connectivity index (χ4n) is 3.39. The van der Waals surface area contributed by atoms with Crippen LogP contribution in [0.25, 0.3) is 0 Å².